The van der Waals surface area contributed by atoms with E-state index in [-0.39, 0.29) is 34.0 Å². The van der Waals surface area contributed by atoms with Crippen molar-refractivity contribution in [3.63, 3.8) is 0 Å². The zero-order chi connectivity index (χ0) is 23.4. The minimum absolute atomic E-state index is 0.172. The van der Waals surface area contributed by atoms with E-state index in [0.29, 0.717) is 23.7 Å². The highest BCUT2D eigenvalue weighted by atomic mass is 35.5. The Morgan fingerprint density at radius 3 is 2.50 bits per heavy atom. The molecule has 0 radical (unpaired) electrons. The summed E-state index contributed by atoms with van der Waals surface area (Å²) in [5.41, 5.74) is 7.09. The fourth-order valence-electron chi connectivity index (χ4n) is 3.56. The Labute approximate surface area is 196 Å². The second kappa shape index (κ2) is 10.3. The van der Waals surface area contributed by atoms with Crippen LogP contribution in [0.1, 0.15) is 39.4 Å². The van der Waals surface area contributed by atoms with Crippen molar-refractivity contribution in [2.75, 3.05) is 42.9 Å². The molecule has 32 heavy (non-hydrogen) atoms. The fourth-order valence-corrected chi connectivity index (χ4v) is 4.81. The number of halogens is 1. The number of carbonyl (C=O) groups is 3. The van der Waals surface area contributed by atoms with Crippen molar-refractivity contribution in [3.8, 4) is 0 Å². The molecule has 1 fully saturated rings. The third kappa shape index (κ3) is 5.79. The lowest BCUT2D eigenvalue weighted by Gasteiger charge is -2.35. The Kier molecular flexibility index (Phi) is 7.76. The largest absolute Gasteiger partial charge is 0.459 e. The van der Waals surface area contributed by atoms with E-state index in [9.17, 15) is 14.4 Å². The zero-order valence-electron chi connectivity index (χ0n) is 18.3. The van der Waals surface area contributed by atoms with Crippen LogP contribution in [0.15, 0.2) is 24.3 Å². The van der Waals surface area contributed by atoms with Gasteiger partial charge in [0, 0.05) is 36.9 Å². The summed E-state index contributed by atoms with van der Waals surface area (Å²) in [5.74, 6) is -1.51. The summed E-state index contributed by atoms with van der Waals surface area (Å²) in [4.78, 5) is 41.5. The molecule has 1 aromatic carbocycles. The highest BCUT2D eigenvalue weighted by molar-refractivity contribution is 7.18. The van der Waals surface area contributed by atoms with Crippen LogP contribution in [0.5, 0.6) is 0 Å². The van der Waals surface area contributed by atoms with Crippen molar-refractivity contribution >= 4 is 51.4 Å². The molecule has 0 saturated carbocycles. The van der Waals surface area contributed by atoms with Gasteiger partial charge in [-0.2, -0.15) is 0 Å². The molecule has 2 amide bonds. The number of nitrogens with two attached hydrogens (primary N) is 1. The van der Waals surface area contributed by atoms with Gasteiger partial charge in [-0.05, 0) is 44.5 Å². The van der Waals surface area contributed by atoms with Crippen molar-refractivity contribution < 1.29 is 19.1 Å². The number of nitrogens with one attached hydrogen (secondary N) is 1. The van der Waals surface area contributed by atoms with Gasteiger partial charge < -0.3 is 20.7 Å². The SMILES string of the molecule is Cc1c(C(N)=O)sc(NC(=O)CN2CCN(c3cccc(Cl)c3)CC2)c1C(=O)OC(C)C. The Hall–Kier alpha value is -2.62. The standard InChI is InChI=1S/C22H27ClN4O4S/c1-13(2)31-22(30)18-14(3)19(20(24)29)32-21(18)25-17(28)12-26-7-9-27(10-8-26)16-6-4-5-15(23)11-16/h4-6,11,13H,7-10,12H2,1-3H3,(H2,24,29)(H,25,28). The van der Waals surface area contributed by atoms with E-state index in [2.05, 4.69) is 10.2 Å². The number of ether oxygens (including phenoxy) is 1. The fraction of sp³-hybridized carbons (Fsp3) is 0.409. The summed E-state index contributed by atoms with van der Waals surface area (Å²) < 4.78 is 5.28. The van der Waals surface area contributed by atoms with Gasteiger partial charge >= 0.3 is 5.97 Å². The first-order chi connectivity index (χ1) is 15.2. The van der Waals surface area contributed by atoms with Gasteiger partial charge in [-0.25, -0.2) is 4.79 Å². The molecule has 3 rings (SSSR count). The van der Waals surface area contributed by atoms with Crippen LogP contribution in [-0.2, 0) is 9.53 Å². The minimum atomic E-state index is -0.649. The minimum Gasteiger partial charge on any atom is -0.459 e. The Bertz CT molecular complexity index is 1020. The first kappa shape index (κ1) is 24.0. The Morgan fingerprint density at radius 1 is 1.22 bits per heavy atom. The van der Waals surface area contributed by atoms with Crippen molar-refractivity contribution in [1.29, 1.82) is 0 Å². The van der Waals surface area contributed by atoms with Crippen LogP contribution in [0, 0.1) is 6.92 Å². The summed E-state index contributed by atoms with van der Waals surface area (Å²) in [6, 6.07) is 7.70. The predicted molar refractivity (Wildman–Crippen MR) is 127 cm³/mol. The number of carbonyl (C=O) groups excluding carboxylic acids is 3. The van der Waals surface area contributed by atoms with Crippen LogP contribution in [-0.4, -0.2) is 61.5 Å². The first-order valence-electron chi connectivity index (χ1n) is 10.3. The van der Waals surface area contributed by atoms with Crippen LogP contribution < -0.4 is 16.0 Å². The molecule has 10 heteroatoms. The van der Waals surface area contributed by atoms with E-state index in [1.807, 2.05) is 29.2 Å². The molecule has 1 aliphatic rings. The van der Waals surface area contributed by atoms with E-state index in [1.165, 1.54) is 0 Å². The molecule has 0 bridgehead atoms. The molecule has 2 aromatic rings. The molecule has 1 saturated heterocycles. The lowest BCUT2D eigenvalue weighted by molar-refractivity contribution is -0.117. The molecule has 0 aliphatic carbocycles. The predicted octanol–water partition coefficient (Wildman–Crippen LogP) is 3.13. The number of esters is 1. The number of primary amides is 1. The third-order valence-corrected chi connectivity index (χ3v) is 6.54. The van der Waals surface area contributed by atoms with E-state index < -0.39 is 11.9 Å². The van der Waals surface area contributed by atoms with Crippen LogP contribution in [0.3, 0.4) is 0 Å². The number of hydrogen-bond donors (Lipinski definition) is 2. The number of anilines is 2. The molecule has 8 nitrogen and oxygen atoms in total. The quantitative estimate of drug-likeness (QED) is 0.592. The molecule has 0 unspecified atom stereocenters. The molecular weight excluding hydrogens is 452 g/mol. The van der Waals surface area contributed by atoms with Gasteiger partial charge in [0.15, 0.2) is 0 Å². The molecule has 0 spiro atoms. The Morgan fingerprint density at radius 2 is 1.91 bits per heavy atom. The van der Waals surface area contributed by atoms with E-state index in [0.717, 1.165) is 30.1 Å². The highest BCUT2D eigenvalue weighted by Gasteiger charge is 2.27. The molecular formula is C22H27ClN4O4S. The maximum atomic E-state index is 12.7. The van der Waals surface area contributed by atoms with Crippen molar-refractivity contribution in [3.05, 3.63) is 45.3 Å². The summed E-state index contributed by atoms with van der Waals surface area (Å²) >= 11 is 7.08. The maximum Gasteiger partial charge on any atom is 0.341 e. The highest BCUT2D eigenvalue weighted by Crippen LogP contribution is 2.33. The van der Waals surface area contributed by atoms with Crippen LogP contribution in [0.2, 0.25) is 5.02 Å². The first-order valence-corrected chi connectivity index (χ1v) is 11.5. The van der Waals surface area contributed by atoms with Gasteiger partial charge in [-0.1, -0.05) is 17.7 Å². The van der Waals surface area contributed by atoms with E-state index in [4.69, 9.17) is 22.1 Å². The smallest absolute Gasteiger partial charge is 0.341 e. The number of amides is 2. The second-order valence-electron chi connectivity index (χ2n) is 7.87. The van der Waals surface area contributed by atoms with Crippen molar-refractivity contribution in [1.82, 2.24) is 4.90 Å². The number of piperazine rings is 1. The number of hydrogen-bond acceptors (Lipinski definition) is 7. The molecule has 1 aromatic heterocycles. The van der Waals surface area contributed by atoms with Gasteiger partial charge in [-0.15, -0.1) is 11.3 Å². The van der Waals surface area contributed by atoms with Gasteiger partial charge in [0.25, 0.3) is 5.91 Å². The Balaban J connectivity index is 1.64. The molecule has 0 atom stereocenters. The van der Waals surface area contributed by atoms with Crippen LogP contribution in [0.4, 0.5) is 10.7 Å². The molecule has 2 heterocycles. The number of nitrogens with zero attached hydrogens (tertiary/aromatic N) is 2. The van der Waals surface area contributed by atoms with Gasteiger partial charge in [0.05, 0.1) is 23.1 Å². The van der Waals surface area contributed by atoms with Crippen molar-refractivity contribution in [2.24, 2.45) is 5.73 Å². The van der Waals surface area contributed by atoms with Gasteiger partial charge in [-0.3, -0.25) is 14.5 Å². The summed E-state index contributed by atoms with van der Waals surface area (Å²) in [6.45, 7) is 8.21. The van der Waals surface area contributed by atoms with Crippen LogP contribution in [0.25, 0.3) is 0 Å². The number of thiophene rings is 1. The maximum absolute atomic E-state index is 12.7. The zero-order valence-corrected chi connectivity index (χ0v) is 19.9. The van der Waals surface area contributed by atoms with Gasteiger partial charge in [0.1, 0.15) is 5.00 Å². The van der Waals surface area contributed by atoms with E-state index in [1.54, 1.807) is 20.8 Å². The van der Waals surface area contributed by atoms with Gasteiger partial charge in [0.2, 0.25) is 5.91 Å². The monoisotopic (exact) mass is 478 g/mol. The van der Waals surface area contributed by atoms with E-state index >= 15 is 0 Å². The number of benzene rings is 1. The second-order valence-corrected chi connectivity index (χ2v) is 9.33. The van der Waals surface area contributed by atoms with Crippen LogP contribution >= 0.6 is 22.9 Å². The lowest BCUT2D eigenvalue weighted by Crippen LogP contribution is -2.48. The average Bonchev–Trinajstić information content (AvgIpc) is 3.04. The topological polar surface area (TPSA) is 105 Å². The van der Waals surface area contributed by atoms with Crippen molar-refractivity contribution in [2.45, 2.75) is 26.9 Å². The summed E-state index contributed by atoms with van der Waals surface area (Å²) in [6.07, 6.45) is -0.335. The third-order valence-electron chi connectivity index (χ3n) is 5.08. The summed E-state index contributed by atoms with van der Waals surface area (Å²) in [7, 11) is 0. The molecule has 1 aliphatic heterocycles. The number of rotatable bonds is 7. The average molecular weight is 479 g/mol. The summed E-state index contributed by atoms with van der Waals surface area (Å²) in [5, 5.41) is 3.75. The molecule has 3 N–H and O–H groups in total. The lowest BCUT2D eigenvalue weighted by atomic mass is 10.1. The normalized spacial score (nSPS) is 14.5. The molecule has 172 valence electrons.